The van der Waals surface area contributed by atoms with Gasteiger partial charge in [-0.15, -0.1) is 0 Å². The van der Waals surface area contributed by atoms with E-state index in [1.165, 1.54) is 0 Å². The normalized spacial score (nSPS) is 12.5. The lowest BCUT2D eigenvalue weighted by molar-refractivity contribution is 0.208. The van der Waals surface area contributed by atoms with E-state index in [0.717, 1.165) is 6.42 Å². The molecule has 12 heavy (non-hydrogen) atoms. The molecule has 0 saturated carbocycles. The SMILES string of the molecule is CC[C@@H](C)Oc1ccnc(N)n1. The maximum absolute atomic E-state index is 5.41. The Kier molecular flexibility index (Phi) is 2.85. The number of aromatic nitrogens is 2. The zero-order valence-corrected chi connectivity index (χ0v) is 7.32. The van der Waals surface area contributed by atoms with E-state index in [0.29, 0.717) is 5.88 Å². The van der Waals surface area contributed by atoms with Crippen LogP contribution in [-0.2, 0) is 0 Å². The predicted octanol–water partition coefficient (Wildman–Crippen LogP) is 1.24. The average molecular weight is 167 g/mol. The summed E-state index contributed by atoms with van der Waals surface area (Å²) in [6.45, 7) is 4.04. The van der Waals surface area contributed by atoms with Gasteiger partial charge in [0, 0.05) is 12.3 Å². The van der Waals surface area contributed by atoms with Crippen LogP contribution >= 0.6 is 0 Å². The van der Waals surface area contributed by atoms with Crippen LogP contribution in [0.3, 0.4) is 0 Å². The van der Waals surface area contributed by atoms with E-state index in [4.69, 9.17) is 10.5 Å². The van der Waals surface area contributed by atoms with E-state index in [-0.39, 0.29) is 12.1 Å². The lowest BCUT2D eigenvalue weighted by Crippen LogP contribution is -2.11. The van der Waals surface area contributed by atoms with Crippen molar-refractivity contribution in [2.24, 2.45) is 0 Å². The lowest BCUT2D eigenvalue weighted by atomic mass is 10.3. The number of nitrogen functional groups attached to an aromatic ring is 1. The van der Waals surface area contributed by atoms with Crippen LogP contribution in [0.2, 0.25) is 0 Å². The Morgan fingerprint density at radius 1 is 1.67 bits per heavy atom. The first kappa shape index (κ1) is 8.77. The second kappa shape index (κ2) is 3.90. The van der Waals surface area contributed by atoms with Crippen molar-refractivity contribution in [2.45, 2.75) is 26.4 Å². The van der Waals surface area contributed by atoms with Gasteiger partial charge in [-0.25, -0.2) is 4.98 Å². The van der Waals surface area contributed by atoms with Crippen LogP contribution < -0.4 is 10.5 Å². The molecule has 1 aromatic heterocycles. The van der Waals surface area contributed by atoms with Gasteiger partial charge in [-0.3, -0.25) is 0 Å². The molecule has 0 bridgehead atoms. The molecule has 1 heterocycles. The first-order valence-corrected chi connectivity index (χ1v) is 3.97. The first-order valence-electron chi connectivity index (χ1n) is 3.97. The van der Waals surface area contributed by atoms with E-state index in [1.807, 2.05) is 6.92 Å². The minimum atomic E-state index is 0.166. The van der Waals surface area contributed by atoms with Gasteiger partial charge < -0.3 is 10.5 Å². The van der Waals surface area contributed by atoms with Crippen molar-refractivity contribution in [1.29, 1.82) is 0 Å². The molecular weight excluding hydrogens is 154 g/mol. The maximum Gasteiger partial charge on any atom is 0.223 e. The smallest absolute Gasteiger partial charge is 0.223 e. The lowest BCUT2D eigenvalue weighted by Gasteiger charge is -2.10. The zero-order valence-electron chi connectivity index (χ0n) is 7.32. The molecule has 0 aromatic carbocycles. The average Bonchev–Trinajstić information content (AvgIpc) is 2.04. The molecule has 2 N–H and O–H groups in total. The molecule has 0 unspecified atom stereocenters. The number of nitrogens with zero attached hydrogens (tertiary/aromatic N) is 2. The summed E-state index contributed by atoms with van der Waals surface area (Å²) in [4.78, 5) is 7.67. The number of anilines is 1. The van der Waals surface area contributed by atoms with E-state index in [1.54, 1.807) is 12.3 Å². The summed E-state index contributed by atoms with van der Waals surface area (Å²) in [5.74, 6) is 0.785. The van der Waals surface area contributed by atoms with Crippen molar-refractivity contribution in [3.05, 3.63) is 12.3 Å². The quantitative estimate of drug-likeness (QED) is 0.735. The largest absolute Gasteiger partial charge is 0.475 e. The van der Waals surface area contributed by atoms with Crippen molar-refractivity contribution in [3.8, 4) is 5.88 Å². The highest BCUT2D eigenvalue weighted by Crippen LogP contribution is 2.09. The van der Waals surface area contributed by atoms with Crippen LogP contribution in [0.25, 0.3) is 0 Å². The van der Waals surface area contributed by atoms with E-state index in [2.05, 4.69) is 16.9 Å². The molecule has 0 amide bonds. The van der Waals surface area contributed by atoms with E-state index in [9.17, 15) is 0 Å². The second-order valence-corrected chi connectivity index (χ2v) is 2.59. The van der Waals surface area contributed by atoms with Gasteiger partial charge in [-0.2, -0.15) is 4.98 Å². The fraction of sp³-hybridized carbons (Fsp3) is 0.500. The van der Waals surface area contributed by atoms with Gasteiger partial charge in [0.15, 0.2) is 0 Å². The van der Waals surface area contributed by atoms with Crippen molar-refractivity contribution in [3.63, 3.8) is 0 Å². The molecule has 0 fully saturated rings. The highest BCUT2D eigenvalue weighted by molar-refractivity contribution is 5.20. The Morgan fingerprint density at radius 3 is 3.00 bits per heavy atom. The van der Waals surface area contributed by atoms with E-state index >= 15 is 0 Å². The van der Waals surface area contributed by atoms with Crippen LogP contribution in [0.5, 0.6) is 5.88 Å². The van der Waals surface area contributed by atoms with Crippen LogP contribution in [0.4, 0.5) is 5.95 Å². The summed E-state index contributed by atoms with van der Waals surface area (Å²) in [5.41, 5.74) is 5.37. The summed E-state index contributed by atoms with van der Waals surface area (Å²) in [6.07, 6.45) is 2.70. The molecule has 0 spiro atoms. The van der Waals surface area contributed by atoms with Gasteiger partial charge >= 0.3 is 0 Å². The molecule has 4 heteroatoms. The summed E-state index contributed by atoms with van der Waals surface area (Å²) >= 11 is 0. The Bertz CT molecular complexity index is 252. The molecule has 0 aliphatic carbocycles. The van der Waals surface area contributed by atoms with Crippen molar-refractivity contribution >= 4 is 5.95 Å². The molecule has 1 atom stereocenters. The number of hydrogen-bond acceptors (Lipinski definition) is 4. The highest BCUT2D eigenvalue weighted by Gasteiger charge is 2.01. The standard InChI is InChI=1S/C8H13N3O/c1-3-6(2)12-7-4-5-10-8(9)11-7/h4-6H,3H2,1-2H3,(H2,9,10,11)/t6-/m1/s1. The van der Waals surface area contributed by atoms with Gasteiger partial charge in [0.25, 0.3) is 0 Å². The molecule has 4 nitrogen and oxygen atoms in total. The Labute approximate surface area is 71.8 Å². The summed E-state index contributed by atoms with van der Waals surface area (Å²) in [5, 5.41) is 0. The third kappa shape index (κ3) is 2.38. The molecule has 0 aliphatic rings. The molecule has 0 radical (unpaired) electrons. The summed E-state index contributed by atoms with van der Waals surface area (Å²) in [6, 6.07) is 1.70. The van der Waals surface area contributed by atoms with Crippen molar-refractivity contribution < 1.29 is 4.74 Å². The Morgan fingerprint density at radius 2 is 2.42 bits per heavy atom. The Balaban J connectivity index is 2.63. The fourth-order valence-corrected chi connectivity index (χ4v) is 0.712. The van der Waals surface area contributed by atoms with Gasteiger partial charge in [0.05, 0.1) is 6.10 Å². The summed E-state index contributed by atoms with van der Waals surface area (Å²) in [7, 11) is 0. The molecule has 0 aliphatic heterocycles. The van der Waals surface area contributed by atoms with Gasteiger partial charge in [0.2, 0.25) is 11.8 Å². The van der Waals surface area contributed by atoms with Crippen LogP contribution in [0, 0.1) is 0 Å². The monoisotopic (exact) mass is 167 g/mol. The predicted molar refractivity (Wildman–Crippen MR) is 46.8 cm³/mol. The van der Waals surface area contributed by atoms with E-state index < -0.39 is 0 Å². The van der Waals surface area contributed by atoms with Crippen molar-refractivity contribution in [2.75, 3.05) is 5.73 Å². The topological polar surface area (TPSA) is 61.0 Å². The molecule has 0 saturated heterocycles. The second-order valence-electron chi connectivity index (χ2n) is 2.59. The zero-order chi connectivity index (χ0) is 8.97. The van der Waals surface area contributed by atoms with Crippen LogP contribution in [-0.4, -0.2) is 16.1 Å². The van der Waals surface area contributed by atoms with Crippen LogP contribution in [0.15, 0.2) is 12.3 Å². The first-order chi connectivity index (χ1) is 5.72. The molecular formula is C8H13N3O. The molecule has 1 rings (SSSR count). The molecule has 66 valence electrons. The molecule has 1 aromatic rings. The number of ether oxygens (including phenoxy) is 1. The van der Waals surface area contributed by atoms with Crippen molar-refractivity contribution in [1.82, 2.24) is 9.97 Å². The highest BCUT2D eigenvalue weighted by atomic mass is 16.5. The minimum Gasteiger partial charge on any atom is -0.475 e. The maximum atomic E-state index is 5.41. The fourth-order valence-electron chi connectivity index (χ4n) is 0.712. The van der Waals surface area contributed by atoms with Crippen LogP contribution in [0.1, 0.15) is 20.3 Å². The number of hydrogen-bond donors (Lipinski definition) is 1. The third-order valence-corrected chi connectivity index (χ3v) is 1.55. The number of rotatable bonds is 3. The number of nitrogens with two attached hydrogens (primary N) is 1. The minimum absolute atomic E-state index is 0.166. The Hall–Kier alpha value is -1.32. The van der Waals surface area contributed by atoms with Gasteiger partial charge in [-0.05, 0) is 13.3 Å². The summed E-state index contributed by atoms with van der Waals surface area (Å²) < 4.78 is 5.41. The van der Waals surface area contributed by atoms with Gasteiger partial charge in [-0.1, -0.05) is 6.92 Å². The van der Waals surface area contributed by atoms with Gasteiger partial charge in [0.1, 0.15) is 0 Å². The third-order valence-electron chi connectivity index (χ3n) is 1.55.